The molecule has 1 unspecified atom stereocenters. The molecule has 1 aromatic heterocycles. The average Bonchev–Trinajstić information content (AvgIpc) is 2.89. The minimum atomic E-state index is -0.421. The van der Waals surface area contributed by atoms with E-state index in [1.807, 2.05) is 0 Å². The third kappa shape index (κ3) is 2.89. The molecule has 1 atom stereocenters. The Morgan fingerprint density at radius 1 is 1.53 bits per heavy atom. The van der Waals surface area contributed by atoms with Crippen LogP contribution >= 0.6 is 15.9 Å². The summed E-state index contributed by atoms with van der Waals surface area (Å²) in [6.07, 6.45) is 0.418. The fraction of sp³-hybridized carbons (Fsp3) is 0.308. The van der Waals surface area contributed by atoms with E-state index >= 15 is 0 Å². The minimum absolute atomic E-state index is 0.0375. The maximum Gasteiger partial charge on any atom is 0.237 e. The highest BCUT2D eigenvalue weighted by molar-refractivity contribution is 9.10. The molecule has 2 rings (SSSR count). The number of rotatable bonds is 4. The van der Waals surface area contributed by atoms with Gasteiger partial charge in [0.2, 0.25) is 11.7 Å². The maximum atomic E-state index is 13.1. The van der Waals surface area contributed by atoms with Crippen LogP contribution in [0.1, 0.15) is 32.1 Å². The first-order valence-corrected chi connectivity index (χ1v) is 6.64. The zero-order valence-electron chi connectivity index (χ0n) is 10.5. The van der Waals surface area contributed by atoms with Crippen LogP contribution in [0.25, 0.3) is 11.4 Å². The Kier molecular flexibility index (Phi) is 4.09. The molecule has 0 bridgehead atoms. The first-order chi connectivity index (χ1) is 9.02. The second-order valence-electron chi connectivity index (χ2n) is 4.13. The molecule has 0 saturated carbocycles. The van der Waals surface area contributed by atoms with Crippen molar-refractivity contribution in [1.82, 2.24) is 10.1 Å². The molecule has 0 aliphatic carbocycles. The van der Waals surface area contributed by atoms with Gasteiger partial charge in [0.05, 0.1) is 10.4 Å². The lowest BCUT2D eigenvalue weighted by molar-refractivity contribution is -0.120. The summed E-state index contributed by atoms with van der Waals surface area (Å²) in [5.74, 6) is -0.124. The molecule has 6 heteroatoms. The second kappa shape index (κ2) is 5.61. The van der Waals surface area contributed by atoms with Crippen LogP contribution in [0.2, 0.25) is 0 Å². The SMILES string of the molecule is CCC(=O)C(C)c1nc(-c2ccc(F)c(Br)c2)no1. The standard InChI is InChI=1S/C13H12BrFN2O2/c1-3-11(18)7(2)13-16-12(17-19-13)8-4-5-10(15)9(14)6-8/h4-7H,3H2,1-2H3. The predicted molar refractivity (Wildman–Crippen MR) is 71.1 cm³/mol. The van der Waals surface area contributed by atoms with E-state index in [4.69, 9.17) is 4.52 Å². The first-order valence-electron chi connectivity index (χ1n) is 5.84. The number of benzene rings is 1. The van der Waals surface area contributed by atoms with Crippen LogP contribution in [0.5, 0.6) is 0 Å². The van der Waals surface area contributed by atoms with Gasteiger partial charge in [-0.05, 0) is 41.1 Å². The largest absolute Gasteiger partial charge is 0.338 e. The summed E-state index contributed by atoms with van der Waals surface area (Å²) in [4.78, 5) is 15.8. The van der Waals surface area contributed by atoms with Gasteiger partial charge in [-0.15, -0.1) is 0 Å². The third-order valence-electron chi connectivity index (χ3n) is 2.82. The Balaban J connectivity index is 2.30. The lowest BCUT2D eigenvalue weighted by atomic mass is 10.1. The number of Topliss-reactive ketones (excluding diaryl/α,β-unsaturated/α-hetero) is 1. The van der Waals surface area contributed by atoms with Crippen LogP contribution in [0.4, 0.5) is 4.39 Å². The van der Waals surface area contributed by atoms with E-state index in [1.54, 1.807) is 26.0 Å². The van der Waals surface area contributed by atoms with Crippen molar-refractivity contribution in [2.24, 2.45) is 0 Å². The van der Waals surface area contributed by atoms with E-state index in [2.05, 4.69) is 26.1 Å². The van der Waals surface area contributed by atoms with Crippen molar-refractivity contribution in [1.29, 1.82) is 0 Å². The van der Waals surface area contributed by atoms with Crippen LogP contribution in [0, 0.1) is 5.82 Å². The third-order valence-corrected chi connectivity index (χ3v) is 3.43. The Hall–Kier alpha value is -1.56. The number of ketones is 1. The van der Waals surface area contributed by atoms with Gasteiger partial charge in [-0.1, -0.05) is 12.1 Å². The number of hydrogen-bond donors (Lipinski definition) is 0. The number of halogens is 2. The molecular weight excluding hydrogens is 315 g/mol. The number of aromatic nitrogens is 2. The molecule has 0 amide bonds. The summed E-state index contributed by atoms with van der Waals surface area (Å²) >= 11 is 3.10. The number of carbonyl (C=O) groups is 1. The Morgan fingerprint density at radius 3 is 2.89 bits per heavy atom. The van der Waals surface area contributed by atoms with Crippen molar-refractivity contribution >= 4 is 21.7 Å². The van der Waals surface area contributed by atoms with Gasteiger partial charge in [0.15, 0.2) is 0 Å². The van der Waals surface area contributed by atoms with Gasteiger partial charge in [-0.2, -0.15) is 4.98 Å². The highest BCUT2D eigenvalue weighted by Gasteiger charge is 2.20. The summed E-state index contributed by atoms with van der Waals surface area (Å²) in [6.45, 7) is 3.51. The normalized spacial score (nSPS) is 12.4. The van der Waals surface area contributed by atoms with Crippen LogP contribution in [0.15, 0.2) is 27.2 Å². The molecule has 0 N–H and O–H groups in total. The van der Waals surface area contributed by atoms with Crippen molar-refractivity contribution in [2.45, 2.75) is 26.2 Å². The molecule has 0 aliphatic heterocycles. The minimum Gasteiger partial charge on any atom is -0.338 e. The zero-order chi connectivity index (χ0) is 14.0. The Bertz CT molecular complexity index is 612. The van der Waals surface area contributed by atoms with Crippen LogP contribution in [-0.2, 0) is 4.79 Å². The van der Waals surface area contributed by atoms with Crippen LogP contribution < -0.4 is 0 Å². The van der Waals surface area contributed by atoms with Crippen molar-refractivity contribution in [3.8, 4) is 11.4 Å². The molecule has 100 valence electrons. The molecule has 1 heterocycles. The summed E-state index contributed by atoms with van der Waals surface area (Å²) in [5.41, 5.74) is 0.624. The van der Waals surface area contributed by atoms with Gasteiger partial charge in [0.25, 0.3) is 0 Å². The Morgan fingerprint density at radius 2 is 2.26 bits per heavy atom. The monoisotopic (exact) mass is 326 g/mol. The molecule has 0 fully saturated rings. The van der Waals surface area contributed by atoms with E-state index in [0.29, 0.717) is 22.3 Å². The first kappa shape index (κ1) is 13.9. The maximum absolute atomic E-state index is 13.1. The van der Waals surface area contributed by atoms with Crippen molar-refractivity contribution in [3.63, 3.8) is 0 Å². The lowest BCUT2D eigenvalue weighted by Gasteiger charge is -2.01. The Labute approximate surface area is 118 Å². The van der Waals surface area contributed by atoms with E-state index in [9.17, 15) is 9.18 Å². The molecule has 2 aromatic rings. The van der Waals surface area contributed by atoms with Crippen molar-refractivity contribution in [3.05, 3.63) is 34.4 Å². The topological polar surface area (TPSA) is 56.0 Å². The van der Waals surface area contributed by atoms with Gasteiger partial charge in [0.1, 0.15) is 11.6 Å². The van der Waals surface area contributed by atoms with E-state index in [-0.39, 0.29) is 17.5 Å². The van der Waals surface area contributed by atoms with Crippen molar-refractivity contribution in [2.75, 3.05) is 0 Å². The molecule has 0 spiro atoms. The molecule has 0 saturated heterocycles. The van der Waals surface area contributed by atoms with Crippen molar-refractivity contribution < 1.29 is 13.7 Å². The molecular formula is C13H12BrFN2O2. The summed E-state index contributed by atoms with van der Waals surface area (Å²) < 4.78 is 18.6. The van der Waals surface area contributed by atoms with Crippen LogP contribution in [0.3, 0.4) is 0 Å². The zero-order valence-corrected chi connectivity index (χ0v) is 12.1. The van der Waals surface area contributed by atoms with E-state index < -0.39 is 5.92 Å². The predicted octanol–water partition coefficient (Wildman–Crippen LogP) is 3.72. The number of carbonyl (C=O) groups excluding carboxylic acids is 1. The second-order valence-corrected chi connectivity index (χ2v) is 4.98. The fourth-order valence-electron chi connectivity index (χ4n) is 1.61. The molecule has 0 aliphatic rings. The van der Waals surface area contributed by atoms with Gasteiger partial charge >= 0.3 is 0 Å². The molecule has 0 radical (unpaired) electrons. The fourth-order valence-corrected chi connectivity index (χ4v) is 1.99. The van der Waals surface area contributed by atoms with Gasteiger partial charge in [0, 0.05) is 12.0 Å². The highest BCUT2D eigenvalue weighted by atomic mass is 79.9. The smallest absolute Gasteiger partial charge is 0.237 e. The summed E-state index contributed by atoms with van der Waals surface area (Å²) in [5, 5.41) is 3.81. The number of hydrogen-bond acceptors (Lipinski definition) is 4. The van der Waals surface area contributed by atoms with Gasteiger partial charge < -0.3 is 4.52 Å². The molecule has 1 aromatic carbocycles. The quantitative estimate of drug-likeness (QED) is 0.859. The lowest BCUT2D eigenvalue weighted by Crippen LogP contribution is -2.07. The van der Waals surface area contributed by atoms with Gasteiger partial charge in [-0.25, -0.2) is 4.39 Å². The van der Waals surface area contributed by atoms with E-state index in [0.717, 1.165) is 0 Å². The molecule has 19 heavy (non-hydrogen) atoms. The summed E-state index contributed by atoms with van der Waals surface area (Å²) in [7, 11) is 0. The van der Waals surface area contributed by atoms with Gasteiger partial charge in [-0.3, -0.25) is 4.79 Å². The van der Waals surface area contributed by atoms with Crippen LogP contribution in [-0.4, -0.2) is 15.9 Å². The van der Waals surface area contributed by atoms with E-state index in [1.165, 1.54) is 6.07 Å². The average molecular weight is 327 g/mol. The highest BCUT2D eigenvalue weighted by Crippen LogP contribution is 2.25. The summed E-state index contributed by atoms with van der Waals surface area (Å²) in [6, 6.07) is 4.44. The number of nitrogens with zero attached hydrogens (tertiary/aromatic N) is 2. The molecule has 4 nitrogen and oxygen atoms in total.